The molecule has 1 atom stereocenters. The molecule has 5 fully saturated rings. The van der Waals surface area contributed by atoms with Gasteiger partial charge in [0.15, 0.2) is 5.82 Å². The minimum Gasteiger partial charge on any atom is -0.374 e. The summed E-state index contributed by atoms with van der Waals surface area (Å²) in [7, 11) is 1.66. The molecule has 5 aliphatic rings. The first-order chi connectivity index (χ1) is 28.7. The van der Waals surface area contributed by atoms with Crippen LogP contribution in [0, 0.1) is 11.6 Å². The fraction of sp³-hybridized carbons (Fsp3) is 0.568. The van der Waals surface area contributed by atoms with Crippen LogP contribution >= 0.6 is 0 Å². The molecule has 4 amide bonds. The number of benzene rings is 1. The Hall–Kier alpha value is -5.05. The highest BCUT2D eigenvalue weighted by Gasteiger charge is 2.30. The van der Waals surface area contributed by atoms with E-state index < -0.39 is 11.9 Å². The molecule has 3 saturated heterocycles. The number of halogens is 2. The predicted molar refractivity (Wildman–Crippen MR) is 224 cm³/mol. The molecule has 3 aromatic rings. The van der Waals surface area contributed by atoms with Gasteiger partial charge in [0, 0.05) is 44.2 Å². The highest BCUT2D eigenvalue weighted by molar-refractivity contribution is 6.01. The number of nitrogens with zero attached hydrogens (tertiary/aromatic N) is 5. The van der Waals surface area contributed by atoms with E-state index in [1.54, 1.807) is 30.1 Å². The number of anilines is 3. The van der Waals surface area contributed by atoms with Crippen molar-refractivity contribution in [1.82, 2.24) is 30.5 Å². The van der Waals surface area contributed by atoms with Crippen LogP contribution in [0.2, 0.25) is 0 Å². The highest BCUT2D eigenvalue weighted by Crippen LogP contribution is 2.34. The zero-order valence-corrected chi connectivity index (χ0v) is 34.2. The largest absolute Gasteiger partial charge is 0.374 e. The molecule has 318 valence electrons. The normalized spacial score (nSPS) is 21.0. The second kappa shape index (κ2) is 21.8. The molecule has 2 aromatic heterocycles. The molecule has 4 N–H and O–H groups in total. The molecule has 1 unspecified atom stereocenters. The van der Waals surface area contributed by atoms with Crippen molar-refractivity contribution in [2.75, 3.05) is 42.2 Å². The van der Waals surface area contributed by atoms with Gasteiger partial charge in [-0.25, -0.2) is 23.7 Å². The number of hydrogen-bond acceptors (Lipinski definition) is 10. The number of amides is 4. The fourth-order valence-electron chi connectivity index (χ4n) is 8.79. The van der Waals surface area contributed by atoms with Gasteiger partial charge in [-0.15, -0.1) is 0 Å². The van der Waals surface area contributed by atoms with Crippen LogP contribution in [0.3, 0.4) is 0 Å². The minimum absolute atomic E-state index is 0.0509. The van der Waals surface area contributed by atoms with E-state index in [0.717, 1.165) is 63.0 Å². The highest BCUT2D eigenvalue weighted by atomic mass is 19.1. The lowest BCUT2D eigenvalue weighted by atomic mass is 9.86. The third-order valence-electron chi connectivity index (χ3n) is 12.1. The van der Waals surface area contributed by atoms with Crippen molar-refractivity contribution in [1.29, 1.82) is 0 Å². The Morgan fingerprint density at radius 3 is 2.22 bits per heavy atom. The number of likely N-dealkylation sites (tertiary alicyclic amines) is 1. The van der Waals surface area contributed by atoms with Gasteiger partial charge in [0.05, 0.1) is 11.9 Å². The SMILES string of the molecule is CNc1ncc(F)c(-c2cccc(N3CCCCC3=O)n2)n1.O=C1CCC(Nc2ccc(C3CCN(C4CCCCC4)CC3)c(F)c2)C(=O)N1.O=CNC1CCCCC1. The van der Waals surface area contributed by atoms with Crippen molar-refractivity contribution >= 4 is 41.6 Å². The van der Waals surface area contributed by atoms with Gasteiger partial charge in [-0.05, 0) is 107 Å². The maximum atomic E-state index is 14.8. The minimum atomic E-state index is -0.548. The number of hydrogen-bond donors (Lipinski definition) is 4. The average Bonchev–Trinajstić information content (AvgIpc) is 3.26. The Bertz CT molecular complexity index is 1880. The summed E-state index contributed by atoms with van der Waals surface area (Å²) in [5, 5.41) is 11.0. The number of carbonyl (C=O) groups is 4. The molecule has 0 bridgehead atoms. The summed E-state index contributed by atoms with van der Waals surface area (Å²) in [6, 6.07) is 11.1. The summed E-state index contributed by atoms with van der Waals surface area (Å²) in [4.78, 5) is 61.7. The van der Waals surface area contributed by atoms with Crippen molar-refractivity contribution < 1.29 is 28.0 Å². The zero-order valence-electron chi connectivity index (χ0n) is 34.2. The number of pyridine rings is 1. The third kappa shape index (κ3) is 12.2. The summed E-state index contributed by atoms with van der Waals surface area (Å²) >= 11 is 0. The Morgan fingerprint density at radius 1 is 0.797 bits per heavy atom. The van der Waals surface area contributed by atoms with Crippen LogP contribution in [0.5, 0.6) is 0 Å². The van der Waals surface area contributed by atoms with Crippen molar-refractivity contribution in [3.05, 3.63) is 59.8 Å². The average molecular weight is 816 g/mol. The van der Waals surface area contributed by atoms with Crippen molar-refractivity contribution in [2.45, 2.75) is 133 Å². The van der Waals surface area contributed by atoms with E-state index in [9.17, 15) is 28.0 Å². The van der Waals surface area contributed by atoms with Gasteiger partial charge in [0.25, 0.3) is 0 Å². The molecule has 2 saturated carbocycles. The molecule has 2 aliphatic carbocycles. The third-order valence-corrected chi connectivity index (χ3v) is 12.1. The topological polar surface area (TPSA) is 162 Å². The first-order valence-electron chi connectivity index (χ1n) is 21.5. The summed E-state index contributed by atoms with van der Waals surface area (Å²) in [5.41, 5.74) is 1.88. The molecule has 8 rings (SSSR count). The van der Waals surface area contributed by atoms with Gasteiger partial charge in [-0.1, -0.05) is 50.7 Å². The standard InChI is InChI=1S/C22H30FN3O2.C15H16FN5O.C7H13NO/c23-19-14-16(24-20-8-9-21(27)25-22(20)28)6-7-18(19)15-10-12-26(13-11-15)17-4-2-1-3-5-17;1-17-15-18-9-10(16)14(20-15)11-5-4-6-12(19-11)21-8-3-2-7-13(21)22;9-6-8-7-4-2-1-3-5-7/h6-7,14-15,17,20,24H,1-5,8-13H2,(H,25,27,28);4-6,9H,2-3,7-8H2,1H3,(H,17,18,20);6-7H,1-5H2,(H,8,9). The molecule has 1 aromatic carbocycles. The van der Waals surface area contributed by atoms with E-state index in [2.05, 4.69) is 41.1 Å². The first-order valence-corrected chi connectivity index (χ1v) is 21.5. The van der Waals surface area contributed by atoms with Gasteiger partial charge in [-0.3, -0.25) is 29.4 Å². The molecule has 0 radical (unpaired) electrons. The smallest absolute Gasteiger partial charge is 0.249 e. The maximum absolute atomic E-state index is 14.8. The lowest BCUT2D eigenvalue weighted by molar-refractivity contribution is -0.133. The monoisotopic (exact) mass is 815 g/mol. The van der Waals surface area contributed by atoms with E-state index in [4.69, 9.17) is 0 Å². The van der Waals surface area contributed by atoms with Gasteiger partial charge >= 0.3 is 0 Å². The Balaban J connectivity index is 0.000000167. The van der Waals surface area contributed by atoms with E-state index in [0.29, 0.717) is 55.0 Å². The van der Waals surface area contributed by atoms with Crippen LogP contribution in [0.15, 0.2) is 42.6 Å². The molecule has 59 heavy (non-hydrogen) atoms. The number of rotatable bonds is 9. The second-order valence-corrected chi connectivity index (χ2v) is 16.1. The lowest BCUT2D eigenvalue weighted by Crippen LogP contribution is -2.47. The Kier molecular flexibility index (Phi) is 16.1. The molecular formula is C44H59F2N9O4. The van der Waals surface area contributed by atoms with Crippen LogP contribution in [0.25, 0.3) is 11.4 Å². The van der Waals surface area contributed by atoms with E-state index >= 15 is 0 Å². The van der Waals surface area contributed by atoms with Crippen LogP contribution in [-0.4, -0.2) is 88.8 Å². The number of piperidine rings is 3. The fourth-order valence-corrected chi connectivity index (χ4v) is 8.79. The van der Waals surface area contributed by atoms with Gasteiger partial charge in [0.2, 0.25) is 30.1 Å². The van der Waals surface area contributed by atoms with Gasteiger partial charge in [0.1, 0.15) is 23.4 Å². The van der Waals surface area contributed by atoms with Crippen molar-refractivity contribution in [3.63, 3.8) is 0 Å². The number of carbonyl (C=O) groups excluding carboxylic acids is 4. The maximum Gasteiger partial charge on any atom is 0.249 e. The second-order valence-electron chi connectivity index (χ2n) is 16.1. The molecule has 15 heteroatoms. The Labute approximate surface area is 345 Å². The number of nitrogens with one attached hydrogen (secondary N) is 4. The van der Waals surface area contributed by atoms with E-state index in [1.807, 2.05) is 12.1 Å². The van der Waals surface area contributed by atoms with E-state index in [-0.39, 0.29) is 35.2 Å². The predicted octanol–water partition coefficient (Wildman–Crippen LogP) is 6.86. The van der Waals surface area contributed by atoms with E-state index in [1.165, 1.54) is 70.3 Å². The number of aromatic nitrogens is 3. The van der Waals surface area contributed by atoms with Gasteiger partial charge < -0.3 is 20.9 Å². The van der Waals surface area contributed by atoms with Crippen LogP contribution in [-0.2, 0) is 19.2 Å². The molecule has 5 heterocycles. The molecular weight excluding hydrogens is 757 g/mol. The first kappa shape index (κ1) is 43.5. The zero-order chi connectivity index (χ0) is 41.6. The van der Waals surface area contributed by atoms with Crippen molar-refractivity contribution in [2.24, 2.45) is 0 Å². The molecule has 0 spiro atoms. The quantitative estimate of drug-likeness (QED) is 0.133. The van der Waals surface area contributed by atoms with Crippen molar-refractivity contribution in [3.8, 4) is 11.4 Å². The molecule has 13 nitrogen and oxygen atoms in total. The summed E-state index contributed by atoms with van der Waals surface area (Å²) in [6.45, 7) is 2.76. The number of imide groups is 1. The molecule has 3 aliphatic heterocycles. The summed E-state index contributed by atoms with van der Waals surface area (Å²) < 4.78 is 28.8. The summed E-state index contributed by atoms with van der Waals surface area (Å²) in [6.07, 6.45) is 20.0. The summed E-state index contributed by atoms with van der Waals surface area (Å²) in [5.74, 6) is -0.162. The van der Waals surface area contributed by atoms with Gasteiger partial charge in [-0.2, -0.15) is 0 Å². The Morgan fingerprint density at radius 2 is 1.54 bits per heavy atom. The van der Waals surface area contributed by atoms with Crippen LogP contribution < -0.4 is 26.2 Å². The van der Waals surface area contributed by atoms with Crippen LogP contribution in [0.1, 0.15) is 121 Å². The van der Waals surface area contributed by atoms with Crippen LogP contribution in [0.4, 0.5) is 26.2 Å². The lowest BCUT2D eigenvalue weighted by Gasteiger charge is -2.39.